The maximum absolute atomic E-state index is 5.52. The minimum Gasteiger partial charge on any atom is -0.477 e. The molecule has 19 heavy (non-hydrogen) atoms. The first-order valence-corrected chi connectivity index (χ1v) is 7.96. The van der Waals surface area contributed by atoms with E-state index in [-0.39, 0.29) is 5.41 Å². The summed E-state index contributed by atoms with van der Waals surface area (Å²) >= 11 is 0. The normalized spacial score (nSPS) is 12.0. The van der Waals surface area contributed by atoms with Gasteiger partial charge in [-0.25, -0.2) is 0 Å². The average Bonchev–Trinajstić information content (AvgIpc) is 2.40. The van der Waals surface area contributed by atoms with Gasteiger partial charge in [-0.05, 0) is 36.8 Å². The molecule has 0 amide bonds. The number of benzene rings is 2. The Morgan fingerprint density at radius 2 is 1.32 bits per heavy atom. The standard InChI is InChI=1S/C17H21OP/c1-13-5-7-14(8-6-13)17(2,3)15-9-11-16(12-10-15)18-19-4/h5-12,19H,1-4H3. The maximum atomic E-state index is 5.52. The van der Waals surface area contributed by atoms with E-state index in [1.165, 1.54) is 16.7 Å². The second-order valence-electron chi connectivity index (χ2n) is 5.32. The smallest absolute Gasteiger partial charge is 0.122 e. The van der Waals surface area contributed by atoms with E-state index in [4.69, 9.17) is 4.52 Å². The highest BCUT2D eigenvalue weighted by atomic mass is 31.1. The Morgan fingerprint density at radius 3 is 1.79 bits per heavy atom. The van der Waals surface area contributed by atoms with Gasteiger partial charge in [0.15, 0.2) is 0 Å². The minimum atomic E-state index is 0.0146. The summed E-state index contributed by atoms with van der Waals surface area (Å²) in [7, 11) is 0.490. The molecule has 2 rings (SSSR count). The summed E-state index contributed by atoms with van der Waals surface area (Å²) in [6.45, 7) is 8.67. The van der Waals surface area contributed by atoms with Crippen LogP contribution in [0.25, 0.3) is 0 Å². The molecule has 1 atom stereocenters. The summed E-state index contributed by atoms with van der Waals surface area (Å²) in [6.07, 6.45) is 0. The first-order valence-electron chi connectivity index (χ1n) is 6.55. The Morgan fingerprint density at radius 1 is 0.842 bits per heavy atom. The zero-order valence-electron chi connectivity index (χ0n) is 12.0. The van der Waals surface area contributed by atoms with Crippen LogP contribution < -0.4 is 4.52 Å². The molecule has 0 spiro atoms. The SMILES string of the molecule is CPOc1ccc(C(C)(C)c2ccc(C)cc2)cc1. The molecule has 2 aromatic rings. The van der Waals surface area contributed by atoms with Gasteiger partial charge in [-0.1, -0.05) is 55.8 Å². The van der Waals surface area contributed by atoms with E-state index in [1.807, 2.05) is 6.66 Å². The fraction of sp³-hybridized carbons (Fsp3) is 0.294. The minimum absolute atomic E-state index is 0.0146. The molecule has 2 aromatic carbocycles. The Balaban J connectivity index is 2.30. The van der Waals surface area contributed by atoms with Gasteiger partial charge in [0.1, 0.15) is 5.75 Å². The predicted molar refractivity (Wildman–Crippen MR) is 84.6 cm³/mol. The Labute approximate surface area is 117 Å². The second-order valence-corrected chi connectivity index (χ2v) is 5.93. The fourth-order valence-corrected chi connectivity index (χ4v) is 2.57. The van der Waals surface area contributed by atoms with Crippen LogP contribution >= 0.6 is 8.81 Å². The molecule has 0 heterocycles. The lowest BCUT2D eigenvalue weighted by atomic mass is 9.78. The molecule has 0 N–H and O–H groups in total. The summed E-state index contributed by atoms with van der Waals surface area (Å²) in [6, 6.07) is 17.2. The third kappa shape index (κ3) is 3.16. The van der Waals surface area contributed by atoms with E-state index < -0.39 is 0 Å². The van der Waals surface area contributed by atoms with E-state index in [0.29, 0.717) is 8.81 Å². The molecular formula is C17H21OP. The van der Waals surface area contributed by atoms with E-state index in [0.717, 1.165) is 5.75 Å². The molecule has 0 fully saturated rings. The van der Waals surface area contributed by atoms with Gasteiger partial charge < -0.3 is 4.52 Å². The summed E-state index contributed by atoms with van der Waals surface area (Å²) in [5, 5.41) is 0. The first-order chi connectivity index (χ1) is 9.04. The molecule has 0 aromatic heterocycles. The maximum Gasteiger partial charge on any atom is 0.122 e. The Bertz CT molecular complexity index is 526. The van der Waals surface area contributed by atoms with E-state index >= 15 is 0 Å². The fourth-order valence-electron chi connectivity index (χ4n) is 2.19. The molecule has 0 radical (unpaired) electrons. The molecule has 2 heteroatoms. The van der Waals surface area contributed by atoms with Crippen molar-refractivity contribution in [3.8, 4) is 5.75 Å². The zero-order chi connectivity index (χ0) is 13.9. The Hall–Kier alpha value is -1.33. The highest BCUT2D eigenvalue weighted by Gasteiger charge is 2.22. The number of aryl methyl sites for hydroxylation is 1. The van der Waals surface area contributed by atoms with Crippen molar-refractivity contribution in [2.45, 2.75) is 26.2 Å². The number of hydrogen-bond acceptors (Lipinski definition) is 1. The van der Waals surface area contributed by atoms with Gasteiger partial charge in [0.2, 0.25) is 0 Å². The molecule has 1 nitrogen and oxygen atoms in total. The number of rotatable bonds is 4. The van der Waals surface area contributed by atoms with Gasteiger partial charge >= 0.3 is 0 Å². The van der Waals surface area contributed by atoms with E-state index in [9.17, 15) is 0 Å². The van der Waals surface area contributed by atoms with E-state index in [1.54, 1.807) is 0 Å². The molecule has 0 aliphatic rings. The van der Waals surface area contributed by atoms with Gasteiger partial charge in [-0.2, -0.15) is 0 Å². The van der Waals surface area contributed by atoms with Gasteiger partial charge in [0.05, 0.1) is 8.81 Å². The van der Waals surface area contributed by atoms with Crippen LogP contribution in [0.4, 0.5) is 0 Å². The van der Waals surface area contributed by atoms with Crippen LogP contribution in [0, 0.1) is 6.92 Å². The third-order valence-electron chi connectivity index (χ3n) is 3.57. The first kappa shape index (κ1) is 14.1. The van der Waals surface area contributed by atoms with Crippen LogP contribution in [0.5, 0.6) is 5.75 Å². The summed E-state index contributed by atoms with van der Waals surface area (Å²) in [5.74, 6) is 0.948. The molecule has 1 unspecified atom stereocenters. The summed E-state index contributed by atoms with van der Waals surface area (Å²) in [4.78, 5) is 0. The van der Waals surface area contributed by atoms with Crippen LogP contribution in [0.3, 0.4) is 0 Å². The number of hydrogen-bond donors (Lipinski definition) is 0. The van der Waals surface area contributed by atoms with Crippen molar-refractivity contribution in [1.82, 2.24) is 0 Å². The molecule has 100 valence electrons. The van der Waals surface area contributed by atoms with Crippen molar-refractivity contribution in [3.63, 3.8) is 0 Å². The van der Waals surface area contributed by atoms with Crippen LogP contribution in [0.1, 0.15) is 30.5 Å². The predicted octanol–water partition coefficient (Wildman–Crippen LogP) is 4.92. The topological polar surface area (TPSA) is 9.23 Å². The van der Waals surface area contributed by atoms with Crippen molar-refractivity contribution >= 4 is 8.81 Å². The second kappa shape index (κ2) is 5.75. The van der Waals surface area contributed by atoms with Crippen molar-refractivity contribution < 1.29 is 4.52 Å². The third-order valence-corrected chi connectivity index (χ3v) is 4.01. The lowest BCUT2D eigenvalue weighted by Crippen LogP contribution is -2.18. The van der Waals surface area contributed by atoms with Crippen LogP contribution in [0.15, 0.2) is 48.5 Å². The van der Waals surface area contributed by atoms with Crippen molar-refractivity contribution in [3.05, 3.63) is 65.2 Å². The van der Waals surface area contributed by atoms with Gasteiger partial charge in [-0.15, -0.1) is 0 Å². The largest absolute Gasteiger partial charge is 0.477 e. The van der Waals surface area contributed by atoms with Crippen LogP contribution in [0.2, 0.25) is 0 Å². The van der Waals surface area contributed by atoms with Gasteiger partial charge in [-0.3, -0.25) is 0 Å². The highest BCUT2D eigenvalue weighted by Crippen LogP contribution is 2.33. The summed E-state index contributed by atoms with van der Waals surface area (Å²) < 4.78 is 5.52. The monoisotopic (exact) mass is 272 g/mol. The van der Waals surface area contributed by atoms with Crippen molar-refractivity contribution in [2.75, 3.05) is 6.66 Å². The molecule has 0 aliphatic heterocycles. The van der Waals surface area contributed by atoms with Gasteiger partial charge in [0, 0.05) is 5.41 Å². The Kier molecular flexibility index (Phi) is 4.27. The lowest BCUT2D eigenvalue weighted by Gasteiger charge is -2.26. The van der Waals surface area contributed by atoms with E-state index in [2.05, 4.69) is 69.3 Å². The quantitative estimate of drug-likeness (QED) is 0.717. The van der Waals surface area contributed by atoms with Gasteiger partial charge in [0.25, 0.3) is 0 Å². The van der Waals surface area contributed by atoms with Crippen molar-refractivity contribution in [2.24, 2.45) is 0 Å². The van der Waals surface area contributed by atoms with Crippen LogP contribution in [-0.4, -0.2) is 6.66 Å². The average molecular weight is 272 g/mol. The lowest BCUT2D eigenvalue weighted by molar-refractivity contribution is 0.622. The molecule has 0 saturated carbocycles. The molecule has 0 bridgehead atoms. The zero-order valence-corrected chi connectivity index (χ0v) is 13.0. The molecular weight excluding hydrogens is 251 g/mol. The highest BCUT2D eigenvalue weighted by molar-refractivity contribution is 7.31. The molecule has 0 aliphatic carbocycles. The summed E-state index contributed by atoms with van der Waals surface area (Å²) in [5.41, 5.74) is 3.96. The molecule has 0 saturated heterocycles. The van der Waals surface area contributed by atoms with Crippen LogP contribution in [-0.2, 0) is 5.41 Å². The van der Waals surface area contributed by atoms with Crippen molar-refractivity contribution in [1.29, 1.82) is 0 Å².